The lowest BCUT2D eigenvalue weighted by molar-refractivity contribution is 0.377. The smallest absolute Gasteiger partial charge is 0.322 e. The first-order chi connectivity index (χ1) is 14.3. The van der Waals surface area contributed by atoms with Crippen LogP contribution in [0.15, 0.2) is 24.3 Å². The van der Waals surface area contributed by atoms with E-state index in [2.05, 4.69) is 36.8 Å². The quantitative estimate of drug-likeness (QED) is 0.761. The zero-order valence-corrected chi connectivity index (χ0v) is 17.4. The first kappa shape index (κ1) is 19.5. The molecular weight excluding hydrogens is 368 g/mol. The van der Waals surface area contributed by atoms with E-state index in [0.717, 1.165) is 56.7 Å². The molecule has 2 aliphatic heterocycles. The molecule has 0 amide bonds. The summed E-state index contributed by atoms with van der Waals surface area (Å²) in [7, 11) is 3.33. The fourth-order valence-electron chi connectivity index (χ4n) is 4.02. The number of anilines is 3. The van der Waals surface area contributed by atoms with Crippen LogP contribution in [-0.2, 0) is 0 Å². The minimum absolute atomic E-state index is 0.390. The largest absolute Gasteiger partial charge is 0.495 e. The van der Waals surface area contributed by atoms with Gasteiger partial charge in [-0.3, -0.25) is 0 Å². The van der Waals surface area contributed by atoms with Crippen LogP contribution < -0.4 is 24.2 Å². The lowest BCUT2D eigenvalue weighted by Crippen LogP contribution is -2.47. The van der Waals surface area contributed by atoms with Crippen molar-refractivity contribution in [2.45, 2.75) is 25.7 Å². The fraction of sp³-hybridized carbons (Fsp3) is 0.571. The topological polar surface area (TPSA) is 66.9 Å². The lowest BCUT2D eigenvalue weighted by Gasteiger charge is -2.36. The van der Waals surface area contributed by atoms with Gasteiger partial charge in [0.05, 0.1) is 19.9 Å². The molecule has 0 radical (unpaired) electrons. The van der Waals surface area contributed by atoms with Gasteiger partial charge in [-0.15, -0.1) is 0 Å². The van der Waals surface area contributed by atoms with E-state index in [1.54, 1.807) is 14.2 Å². The third-order valence-corrected chi connectivity index (χ3v) is 5.65. The molecule has 0 unspecified atom stereocenters. The third kappa shape index (κ3) is 4.46. The van der Waals surface area contributed by atoms with Gasteiger partial charge in [-0.1, -0.05) is 25.0 Å². The molecule has 4 rings (SSSR count). The number of piperazine rings is 1. The number of benzene rings is 1. The zero-order valence-electron chi connectivity index (χ0n) is 17.4. The summed E-state index contributed by atoms with van der Waals surface area (Å²) in [6.07, 6.45) is 4.91. The molecule has 0 saturated carbocycles. The molecule has 29 heavy (non-hydrogen) atoms. The Morgan fingerprint density at radius 1 is 0.655 bits per heavy atom. The van der Waals surface area contributed by atoms with Crippen LogP contribution in [0.4, 0.5) is 17.6 Å². The molecule has 0 atom stereocenters. The zero-order chi connectivity index (χ0) is 20.1. The van der Waals surface area contributed by atoms with Crippen LogP contribution in [0, 0.1) is 0 Å². The van der Waals surface area contributed by atoms with Crippen molar-refractivity contribution in [3.63, 3.8) is 0 Å². The highest BCUT2D eigenvalue weighted by molar-refractivity contribution is 5.59. The van der Waals surface area contributed by atoms with Crippen molar-refractivity contribution in [2.75, 3.05) is 68.2 Å². The van der Waals surface area contributed by atoms with Crippen molar-refractivity contribution >= 4 is 17.6 Å². The predicted octanol–water partition coefficient (Wildman–Crippen LogP) is 2.60. The maximum absolute atomic E-state index is 5.52. The van der Waals surface area contributed by atoms with Crippen LogP contribution in [0.1, 0.15) is 25.7 Å². The van der Waals surface area contributed by atoms with E-state index in [-0.39, 0.29) is 0 Å². The highest BCUT2D eigenvalue weighted by Gasteiger charge is 2.24. The molecule has 0 bridgehead atoms. The standard InChI is InChI=1S/C21H30N6O2/c1-28-18-10-6-5-9-17(18)25-13-15-27(16-14-25)20-22-19(23-21(24-20)29-2)26-11-7-3-4-8-12-26/h5-6,9-10H,3-4,7-8,11-16H2,1-2H3. The Morgan fingerprint density at radius 2 is 1.24 bits per heavy atom. The highest BCUT2D eigenvalue weighted by Crippen LogP contribution is 2.29. The van der Waals surface area contributed by atoms with Gasteiger partial charge in [-0.05, 0) is 25.0 Å². The van der Waals surface area contributed by atoms with Gasteiger partial charge in [-0.2, -0.15) is 15.0 Å². The van der Waals surface area contributed by atoms with Crippen molar-refractivity contribution in [3.8, 4) is 11.8 Å². The van der Waals surface area contributed by atoms with Crippen LogP contribution in [-0.4, -0.2) is 68.4 Å². The molecule has 2 saturated heterocycles. The molecular formula is C21H30N6O2. The summed E-state index contributed by atoms with van der Waals surface area (Å²) < 4.78 is 10.9. The summed E-state index contributed by atoms with van der Waals surface area (Å²) in [5.41, 5.74) is 1.13. The van der Waals surface area contributed by atoms with Gasteiger partial charge < -0.3 is 24.2 Å². The van der Waals surface area contributed by atoms with Gasteiger partial charge in [0.15, 0.2) is 0 Å². The van der Waals surface area contributed by atoms with Crippen LogP contribution in [0.25, 0.3) is 0 Å². The van der Waals surface area contributed by atoms with Gasteiger partial charge in [-0.25, -0.2) is 0 Å². The molecule has 1 aromatic carbocycles. The van der Waals surface area contributed by atoms with Gasteiger partial charge in [0.25, 0.3) is 0 Å². The van der Waals surface area contributed by atoms with E-state index in [0.29, 0.717) is 12.0 Å². The molecule has 1 aromatic heterocycles. The molecule has 2 aromatic rings. The summed E-state index contributed by atoms with van der Waals surface area (Å²) in [6.45, 7) is 5.43. The normalized spacial score (nSPS) is 17.8. The average molecular weight is 399 g/mol. The lowest BCUT2D eigenvalue weighted by atomic mass is 10.2. The van der Waals surface area contributed by atoms with E-state index in [4.69, 9.17) is 14.5 Å². The number of nitrogens with zero attached hydrogens (tertiary/aromatic N) is 6. The minimum atomic E-state index is 0.390. The average Bonchev–Trinajstić information content (AvgIpc) is 3.08. The Labute approximate surface area is 172 Å². The van der Waals surface area contributed by atoms with Crippen LogP contribution in [0.3, 0.4) is 0 Å². The second kappa shape index (κ2) is 9.15. The van der Waals surface area contributed by atoms with E-state index >= 15 is 0 Å². The SMILES string of the molecule is COc1nc(N2CCCCCC2)nc(N2CCN(c3ccccc3OC)CC2)n1. The second-order valence-corrected chi connectivity index (χ2v) is 7.47. The van der Waals surface area contributed by atoms with Gasteiger partial charge >= 0.3 is 6.01 Å². The van der Waals surface area contributed by atoms with Gasteiger partial charge in [0, 0.05) is 39.3 Å². The third-order valence-electron chi connectivity index (χ3n) is 5.65. The van der Waals surface area contributed by atoms with Crippen LogP contribution in [0.2, 0.25) is 0 Å². The molecule has 8 nitrogen and oxygen atoms in total. The van der Waals surface area contributed by atoms with Crippen molar-refractivity contribution < 1.29 is 9.47 Å². The van der Waals surface area contributed by atoms with E-state index in [1.807, 2.05) is 12.1 Å². The molecule has 0 spiro atoms. The summed E-state index contributed by atoms with van der Waals surface area (Å²) in [5, 5.41) is 0. The van der Waals surface area contributed by atoms with Crippen LogP contribution in [0.5, 0.6) is 11.8 Å². The van der Waals surface area contributed by atoms with E-state index < -0.39 is 0 Å². The van der Waals surface area contributed by atoms with E-state index in [9.17, 15) is 0 Å². The monoisotopic (exact) mass is 398 g/mol. The number of aromatic nitrogens is 3. The van der Waals surface area contributed by atoms with Gasteiger partial charge in [0.2, 0.25) is 11.9 Å². The highest BCUT2D eigenvalue weighted by atomic mass is 16.5. The molecule has 2 fully saturated rings. The van der Waals surface area contributed by atoms with Crippen LogP contribution >= 0.6 is 0 Å². The fourth-order valence-corrected chi connectivity index (χ4v) is 4.02. The first-order valence-corrected chi connectivity index (χ1v) is 10.5. The number of methoxy groups -OCH3 is 2. The number of para-hydroxylation sites is 2. The predicted molar refractivity (Wildman–Crippen MR) is 114 cm³/mol. The number of hydrogen-bond donors (Lipinski definition) is 0. The molecule has 2 aliphatic rings. The Kier molecular flexibility index (Phi) is 6.17. The minimum Gasteiger partial charge on any atom is -0.495 e. The van der Waals surface area contributed by atoms with Crippen molar-refractivity contribution in [1.82, 2.24) is 15.0 Å². The van der Waals surface area contributed by atoms with Crippen molar-refractivity contribution in [3.05, 3.63) is 24.3 Å². The molecule has 0 N–H and O–H groups in total. The summed E-state index contributed by atoms with van der Waals surface area (Å²) in [4.78, 5) is 20.7. The summed E-state index contributed by atoms with van der Waals surface area (Å²) in [5.74, 6) is 2.35. The van der Waals surface area contributed by atoms with Gasteiger partial charge in [0.1, 0.15) is 5.75 Å². The molecule has 3 heterocycles. The van der Waals surface area contributed by atoms with E-state index in [1.165, 1.54) is 25.7 Å². The molecule has 156 valence electrons. The molecule has 0 aliphatic carbocycles. The second-order valence-electron chi connectivity index (χ2n) is 7.47. The van der Waals surface area contributed by atoms with Crippen molar-refractivity contribution in [2.24, 2.45) is 0 Å². The number of rotatable bonds is 5. The first-order valence-electron chi connectivity index (χ1n) is 10.5. The number of ether oxygens (including phenoxy) is 2. The summed E-state index contributed by atoms with van der Waals surface area (Å²) >= 11 is 0. The van der Waals surface area contributed by atoms with Crippen molar-refractivity contribution in [1.29, 1.82) is 0 Å². The summed E-state index contributed by atoms with van der Waals surface area (Å²) in [6, 6.07) is 8.56. The number of hydrogen-bond acceptors (Lipinski definition) is 8. The maximum atomic E-state index is 5.52. The Balaban J connectivity index is 1.49. The Morgan fingerprint density at radius 3 is 1.86 bits per heavy atom. The molecule has 8 heteroatoms. The maximum Gasteiger partial charge on any atom is 0.322 e. The Hall–Kier alpha value is -2.77. The Bertz CT molecular complexity index is 802.